The first-order valence-corrected chi connectivity index (χ1v) is 11.6. The summed E-state index contributed by atoms with van der Waals surface area (Å²) in [5.41, 5.74) is 0.955. The standard InChI is InChI=1S/C26H29BrN2O3/c1-4-18(2)28-26(31)19(3)29(16-20-10-6-5-7-11-20)24(30)17-32-23-15-14-21-12-8-9-13-22(21)25(23)27/h5-15,18-19H,4,16-17H2,1-3H3,(H,28,31). The van der Waals surface area contributed by atoms with Gasteiger partial charge in [-0.1, -0.05) is 67.6 Å². The number of hydrogen-bond acceptors (Lipinski definition) is 3. The van der Waals surface area contributed by atoms with E-state index in [1.807, 2.05) is 80.6 Å². The molecule has 0 bridgehead atoms. The number of carbonyl (C=O) groups is 2. The number of fused-ring (bicyclic) bond motifs is 1. The predicted molar refractivity (Wildman–Crippen MR) is 131 cm³/mol. The van der Waals surface area contributed by atoms with Crippen LogP contribution in [0.25, 0.3) is 10.8 Å². The molecule has 5 nitrogen and oxygen atoms in total. The zero-order valence-corrected chi connectivity index (χ0v) is 20.3. The van der Waals surface area contributed by atoms with E-state index in [9.17, 15) is 9.59 Å². The fourth-order valence-corrected chi connectivity index (χ4v) is 3.98. The van der Waals surface area contributed by atoms with Crippen LogP contribution in [-0.2, 0) is 16.1 Å². The first kappa shape index (κ1) is 23.8. The lowest BCUT2D eigenvalue weighted by atomic mass is 10.1. The molecule has 3 rings (SSSR count). The summed E-state index contributed by atoms with van der Waals surface area (Å²) in [6.07, 6.45) is 0.824. The fourth-order valence-electron chi connectivity index (χ4n) is 3.38. The minimum Gasteiger partial charge on any atom is -0.483 e. The van der Waals surface area contributed by atoms with E-state index in [0.717, 1.165) is 27.2 Å². The Kier molecular flexibility index (Phi) is 8.28. The van der Waals surface area contributed by atoms with Gasteiger partial charge in [-0.25, -0.2) is 0 Å². The second kappa shape index (κ2) is 11.1. The van der Waals surface area contributed by atoms with Gasteiger partial charge >= 0.3 is 0 Å². The Morgan fingerprint density at radius 1 is 1.00 bits per heavy atom. The van der Waals surface area contributed by atoms with Crippen LogP contribution in [0.4, 0.5) is 0 Å². The molecule has 0 saturated heterocycles. The second-order valence-corrected chi connectivity index (χ2v) is 8.68. The molecule has 0 aliphatic carbocycles. The third-order valence-corrected chi connectivity index (χ3v) is 6.36. The number of nitrogens with zero attached hydrogens (tertiary/aromatic N) is 1. The lowest BCUT2D eigenvalue weighted by Gasteiger charge is -2.29. The van der Waals surface area contributed by atoms with Crippen LogP contribution in [0.3, 0.4) is 0 Å². The van der Waals surface area contributed by atoms with E-state index in [-0.39, 0.29) is 24.5 Å². The lowest BCUT2D eigenvalue weighted by molar-refractivity contribution is -0.142. The second-order valence-electron chi connectivity index (χ2n) is 7.89. The maximum atomic E-state index is 13.2. The number of carbonyl (C=O) groups excluding carboxylic acids is 2. The fraction of sp³-hybridized carbons (Fsp3) is 0.308. The molecule has 0 saturated carbocycles. The van der Waals surface area contributed by atoms with Crippen molar-refractivity contribution < 1.29 is 14.3 Å². The first-order chi connectivity index (χ1) is 15.4. The van der Waals surface area contributed by atoms with Crippen LogP contribution < -0.4 is 10.1 Å². The summed E-state index contributed by atoms with van der Waals surface area (Å²) >= 11 is 3.60. The largest absolute Gasteiger partial charge is 0.483 e. The monoisotopic (exact) mass is 496 g/mol. The third-order valence-electron chi connectivity index (χ3n) is 5.54. The van der Waals surface area contributed by atoms with Gasteiger partial charge in [-0.15, -0.1) is 0 Å². The Labute approximate surface area is 197 Å². The van der Waals surface area contributed by atoms with Gasteiger partial charge in [-0.3, -0.25) is 9.59 Å². The molecule has 2 amide bonds. The van der Waals surface area contributed by atoms with Crippen LogP contribution in [0.15, 0.2) is 71.2 Å². The van der Waals surface area contributed by atoms with Crippen LogP contribution in [0, 0.1) is 0 Å². The highest BCUT2D eigenvalue weighted by Crippen LogP contribution is 2.33. The van der Waals surface area contributed by atoms with Crippen molar-refractivity contribution in [1.29, 1.82) is 0 Å². The van der Waals surface area contributed by atoms with E-state index in [0.29, 0.717) is 12.3 Å². The van der Waals surface area contributed by atoms with E-state index in [1.165, 1.54) is 0 Å². The molecule has 0 aromatic heterocycles. The number of ether oxygens (including phenoxy) is 1. The van der Waals surface area contributed by atoms with Crippen LogP contribution in [0.5, 0.6) is 5.75 Å². The zero-order valence-electron chi connectivity index (χ0n) is 18.7. The molecule has 1 N–H and O–H groups in total. The minimum absolute atomic E-state index is 0.0448. The quantitative estimate of drug-likeness (QED) is 0.436. The van der Waals surface area contributed by atoms with Gasteiger partial charge in [0.05, 0.1) is 4.47 Å². The minimum atomic E-state index is -0.625. The third kappa shape index (κ3) is 5.88. The molecule has 3 aromatic rings. The molecule has 0 spiro atoms. The average molecular weight is 497 g/mol. The molecule has 168 valence electrons. The summed E-state index contributed by atoms with van der Waals surface area (Å²) in [5.74, 6) is 0.171. The molecule has 0 aliphatic rings. The number of rotatable bonds is 9. The van der Waals surface area contributed by atoms with Gasteiger partial charge in [0.15, 0.2) is 6.61 Å². The predicted octanol–water partition coefficient (Wildman–Crippen LogP) is 5.31. The van der Waals surface area contributed by atoms with Gasteiger partial charge < -0.3 is 15.0 Å². The van der Waals surface area contributed by atoms with E-state index >= 15 is 0 Å². The smallest absolute Gasteiger partial charge is 0.261 e. The van der Waals surface area contributed by atoms with Crippen molar-refractivity contribution in [2.24, 2.45) is 0 Å². The highest BCUT2D eigenvalue weighted by atomic mass is 79.9. The van der Waals surface area contributed by atoms with Crippen LogP contribution in [-0.4, -0.2) is 35.4 Å². The van der Waals surface area contributed by atoms with Crippen molar-refractivity contribution in [3.8, 4) is 5.75 Å². The molecular weight excluding hydrogens is 468 g/mol. The van der Waals surface area contributed by atoms with Gasteiger partial charge in [-0.2, -0.15) is 0 Å². The van der Waals surface area contributed by atoms with Crippen LogP contribution in [0.2, 0.25) is 0 Å². The Hall–Kier alpha value is -2.86. The van der Waals surface area contributed by atoms with Crippen LogP contribution >= 0.6 is 15.9 Å². The molecule has 32 heavy (non-hydrogen) atoms. The zero-order chi connectivity index (χ0) is 23.1. The number of nitrogens with one attached hydrogen (secondary N) is 1. The van der Waals surface area contributed by atoms with Gasteiger partial charge in [0.1, 0.15) is 11.8 Å². The van der Waals surface area contributed by atoms with Crippen LogP contribution in [0.1, 0.15) is 32.8 Å². The SMILES string of the molecule is CCC(C)NC(=O)C(C)N(Cc1ccccc1)C(=O)COc1ccc2ccccc2c1Br. The summed E-state index contributed by atoms with van der Waals surface area (Å²) in [4.78, 5) is 27.5. The molecule has 3 aromatic carbocycles. The first-order valence-electron chi connectivity index (χ1n) is 10.8. The topological polar surface area (TPSA) is 58.6 Å². The summed E-state index contributed by atoms with van der Waals surface area (Å²) in [5, 5.41) is 5.07. The van der Waals surface area contributed by atoms with E-state index in [4.69, 9.17) is 4.74 Å². The highest BCUT2D eigenvalue weighted by Gasteiger charge is 2.27. The Morgan fingerprint density at radius 3 is 2.41 bits per heavy atom. The molecule has 0 heterocycles. The highest BCUT2D eigenvalue weighted by molar-refractivity contribution is 9.10. The average Bonchev–Trinajstić information content (AvgIpc) is 2.82. The normalized spacial score (nSPS) is 12.8. The molecule has 2 atom stereocenters. The van der Waals surface area contributed by atoms with Crippen molar-refractivity contribution in [2.75, 3.05) is 6.61 Å². The molecule has 2 unspecified atom stereocenters. The summed E-state index contributed by atoms with van der Waals surface area (Å²) < 4.78 is 6.69. The molecule has 0 radical (unpaired) electrons. The molecule has 0 aliphatic heterocycles. The molecule has 6 heteroatoms. The maximum absolute atomic E-state index is 13.2. The van der Waals surface area contributed by atoms with Crippen molar-refractivity contribution in [2.45, 2.75) is 45.8 Å². The van der Waals surface area contributed by atoms with Crippen molar-refractivity contribution in [3.05, 3.63) is 76.8 Å². The summed E-state index contributed by atoms with van der Waals surface area (Å²) in [7, 11) is 0. The van der Waals surface area contributed by atoms with Gasteiger partial charge in [0, 0.05) is 12.6 Å². The van der Waals surface area contributed by atoms with Crippen molar-refractivity contribution in [3.63, 3.8) is 0 Å². The van der Waals surface area contributed by atoms with E-state index < -0.39 is 6.04 Å². The Bertz CT molecular complexity index is 1070. The van der Waals surface area contributed by atoms with Gasteiger partial charge in [0.2, 0.25) is 5.91 Å². The van der Waals surface area contributed by atoms with Gasteiger partial charge in [0.25, 0.3) is 5.91 Å². The van der Waals surface area contributed by atoms with E-state index in [1.54, 1.807) is 11.8 Å². The van der Waals surface area contributed by atoms with Crippen molar-refractivity contribution >= 4 is 38.5 Å². The summed E-state index contributed by atoms with van der Waals surface area (Å²) in [6.45, 7) is 5.89. The maximum Gasteiger partial charge on any atom is 0.261 e. The Balaban J connectivity index is 1.77. The lowest BCUT2D eigenvalue weighted by Crippen LogP contribution is -2.50. The molecule has 0 fully saturated rings. The number of benzene rings is 3. The summed E-state index contributed by atoms with van der Waals surface area (Å²) in [6, 6.07) is 20.8. The number of halogens is 1. The van der Waals surface area contributed by atoms with Gasteiger partial charge in [-0.05, 0) is 58.6 Å². The Morgan fingerprint density at radius 2 is 1.69 bits per heavy atom. The van der Waals surface area contributed by atoms with E-state index in [2.05, 4.69) is 21.2 Å². The number of hydrogen-bond donors (Lipinski definition) is 1. The number of amides is 2. The molecular formula is C26H29BrN2O3. The van der Waals surface area contributed by atoms with Crippen molar-refractivity contribution in [1.82, 2.24) is 10.2 Å².